The van der Waals surface area contributed by atoms with Crippen LogP contribution in [0.15, 0.2) is 152 Å². The van der Waals surface area contributed by atoms with Crippen LogP contribution in [-0.4, -0.2) is 136 Å². The molecule has 6 aliphatic heterocycles. The molecule has 0 saturated carbocycles. The molecule has 6 atom stereocenters. The Kier molecular flexibility index (Phi) is 18.7. The molecule has 1 aromatic heterocycles. The van der Waals surface area contributed by atoms with Gasteiger partial charge < -0.3 is 81.9 Å². The molecule has 7 amide bonds. The van der Waals surface area contributed by atoms with E-state index in [-0.39, 0.29) is 99.6 Å². The Morgan fingerprint density at radius 3 is 1.93 bits per heavy atom. The lowest BCUT2D eigenvalue weighted by atomic mass is 9.94. The van der Waals surface area contributed by atoms with Crippen LogP contribution in [0.3, 0.4) is 0 Å². The predicted octanol–water partition coefficient (Wildman–Crippen LogP) is 6.00. The quantitative estimate of drug-likeness (QED) is 0.0589. The number of rotatable bonds is 13. The molecule has 0 spiro atoms. The number of aromatic hydroxyl groups is 4. The topological polar surface area (TPSA) is 325 Å². The van der Waals surface area contributed by atoms with Crippen LogP contribution in [0.5, 0.6) is 46.0 Å². The summed E-state index contributed by atoms with van der Waals surface area (Å²) in [6.45, 7) is 2.53. The zero-order chi connectivity index (χ0) is 64.7. The number of H-pyrrole nitrogens is 1. The van der Waals surface area contributed by atoms with E-state index in [2.05, 4.69) is 47.1 Å². The third-order valence-corrected chi connectivity index (χ3v) is 16.5. The maximum Gasteiger partial charge on any atom is 0.250 e. The average Bonchev–Trinajstić information content (AvgIpc) is 1.30. The van der Waals surface area contributed by atoms with Gasteiger partial charge in [0.05, 0.1) is 6.42 Å². The molecule has 8 aromatic rings. The number of nitrogens with zero attached hydrogens (tertiary/aromatic N) is 2. The van der Waals surface area contributed by atoms with E-state index in [1.165, 1.54) is 103 Å². The second-order valence-electron chi connectivity index (χ2n) is 23.4. The third-order valence-electron chi connectivity index (χ3n) is 16.5. The van der Waals surface area contributed by atoms with E-state index in [0.717, 1.165) is 19.5 Å². The number of phenols is 4. The fraction of sp³-hybridized carbons (Fsp3) is 0.261. The standard InChI is InChI=1S/C69H70N10O13/c1-78(2)29-5-27-70-26-4-28-71-66(87)60-43-15-25-55(82)56(35-43)91-49-22-12-41(13-23-49)62-69(90)79(3)54(65(86)75-60)30-38-8-20-48(21-9-38)92-57-36-44-32-51(63(57)84)42-14-24-50-45(37-72-52(50)33-42)34-53(73-58(83)31-39-6-16-46(80)17-7-39)64(85)74-59(40-10-18-47(81)19-11-40)67(88)76-61(44)68(89)77-62/h6-25,32-33,35-37,53-54,59-62,70,72,80-82,84H,4-5,26-31,34H2,1-3H3,(H,71,87)(H,73,83)(H,74,85)(H,75,86)(H,76,88)(H,77,89)/t53-,54+,59-,60-,61-,62-/m1/s1. The number of carbonyl (C=O) groups is 7. The molecule has 92 heavy (non-hydrogen) atoms. The first-order chi connectivity index (χ1) is 44.3. The van der Waals surface area contributed by atoms with Gasteiger partial charge in [-0.1, -0.05) is 66.7 Å². The highest BCUT2D eigenvalue weighted by atomic mass is 16.5. The molecule has 15 bridgehead atoms. The van der Waals surface area contributed by atoms with Crippen molar-refractivity contribution in [2.75, 3.05) is 47.3 Å². The lowest BCUT2D eigenvalue weighted by Crippen LogP contribution is -2.55. The van der Waals surface area contributed by atoms with Crippen molar-refractivity contribution in [1.82, 2.24) is 52.0 Å². The highest BCUT2D eigenvalue weighted by Gasteiger charge is 2.39. The summed E-state index contributed by atoms with van der Waals surface area (Å²) < 4.78 is 12.7. The summed E-state index contributed by atoms with van der Waals surface area (Å²) in [6, 6.07) is 27.1. The summed E-state index contributed by atoms with van der Waals surface area (Å²) in [5.74, 6) is -6.22. The molecule has 474 valence electrons. The van der Waals surface area contributed by atoms with Gasteiger partial charge in [0.25, 0.3) is 0 Å². The van der Waals surface area contributed by atoms with Gasteiger partial charge in [0.2, 0.25) is 41.4 Å². The van der Waals surface area contributed by atoms with E-state index in [9.17, 15) is 34.8 Å². The smallest absolute Gasteiger partial charge is 0.250 e. The Bertz CT molecular complexity index is 4080. The second kappa shape index (κ2) is 27.5. The summed E-state index contributed by atoms with van der Waals surface area (Å²) in [4.78, 5) is 112. The summed E-state index contributed by atoms with van der Waals surface area (Å²) in [6.07, 6.45) is 2.75. The predicted molar refractivity (Wildman–Crippen MR) is 340 cm³/mol. The Morgan fingerprint density at radius 1 is 0.609 bits per heavy atom. The van der Waals surface area contributed by atoms with E-state index < -0.39 is 77.6 Å². The first kappa shape index (κ1) is 62.7. The van der Waals surface area contributed by atoms with Crippen LogP contribution in [0.25, 0.3) is 22.0 Å². The number of carbonyl (C=O) groups excluding carboxylic acids is 7. The van der Waals surface area contributed by atoms with Crippen molar-refractivity contribution in [3.05, 3.63) is 191 Å². The van der Waals surface area contributed by atoms with Gasteiger partial charge in [-0.2, -0.15) is 0 Å². The Hall–Kier alpha value is -10.9. The maximum absolute atomic E-state index is 15.9. The fourth-order valence-corrected chi connectivity index (χ4v) is 11.5. The molecule has 23 heteroatoms. The molecule has 14 rings (SSSR count). The monoisotopic (exact) mass is 1250 g/mol. The number of benzene rings is 7. The zero-order valence-corrected chi connectivity index (χ0v) is 50.6. The number of amides is 7. The van der Waals surface area contributed by atoms with Crippen molar-refractivity contribution in [1.29, 1.82) is 0 Å². The first-order valence-corrected chi connectivity index (χ1v) is 30.1. The Balaban J connectivity index is 1.01. The molecule has 23 nitrogen and oxygen atoms in total. The highest BCUT2D eigenvalue weighted by molar-refractivity contribution is 6.00. The second-order valence-corrected chi connectivity index (χ2v) is 23.4. The number of ether oxygens (including phenoxy) is 2. The summed E-state index contributed by atoms with van der Waals surface area (Å²) in [5.41, 5.74) is 3.38. The molecular weight excluding hydrogens is 1180 g/mol. The Labute approximate surface area is 529 Å². The van der Waals surface area contributed by atoms with Gasteiger partial charge in [-0.05, 0) is 170 Å². The van der Waals surface area contributed by atoms with Crippen molar-refractivity contribution in [3.8, 4) is 57.1 Å². The normalized spacial score (nSPS) is 19.2. The van der Waals surface area contributed by atoms with Crippen LogP contribution in [0, 0.1) is 0 Å². The van der Waals surface area contributed by atoms with Crippen molar-refractivity contribution < 1.29 is 63.5 Å². The van der Waals surface area contributed by atoms with Gasteiger partial charge in [0.1, 0.15) is 59.2 Å². The molecule has 6 aliphatic rings. The number of hydrogen-bond donors (Lipinski definition) is 12. The van der Waals surface area contributed by atoms with Crippen LogP contribution in [-0.2, 0) is 52.8 Å². The number of hydrogen-bond acceptors (Lipinski definition) is 15. The lowest BCUT2D eigenvalue weighted by Gasteiger charge is -2.33. The molecule has 0 aliphatic carbocycles. The van der Waals surface area contributed by atoms with Crippen molar-refractivity contribution in [2.24, 2.45) is 0 Å². The first-order valence-electron chi connectivity index (χ1n) is 30.1. The minimum absolute atomic E-state index is 0.00531. The van der Waals surface area contributed by atoms with Crippen LogP contribution in [0.4, 0.5) is 0 Å². The molecule has 7 heterocycles. The molecule has 0 saturated heterocycles. The minimum Gasteiger partial charge on any atom is -0.508 e. The van der Waals surface area contributed by atoms with Crippen LogP contribution in [0.2, 0.25) is 0 Å². The molecule has 0 radical (unpaired) electrons. The fourth-order valence-electron chi connectivity index (χ4n) is 11.5. The van der Waals surface area contributed by atoms with Crippen LogP contribution >= 0.6 is 0 Å². The number of nitrogens with one attached hydrogen (secondary N) is 8. The van der Waals surface area contributed by atoms with E-state index in [1.54, 1.807) is 60.8 Å². The van der Waals surface area contributed by atoms with E-state index in [1.807, 2.05) is 14.1 Å². The van der Waals surface area contributed by atoms with Gasteiger partial charge in [0, 0.05) is 49.1 Å². The van der Waals surface area contributed by atoms with E-state index >= 15 is 19.2 Å². The van der Waals surface area contributed by atoms with E-state index in [4.69, 9.17) is 9.47 Å². The van der Waals surface area contributed by atoms with E-state index in [0.29, 0.717) is 46.1 Å². The molecule has 12 N–H and O–H groups in total. The summed E-state index contributed by atoms with van der Waals surface area (Å²) in [5, 5.41) is 65.1. The van der Waals surface area contributed by atoms with Gasteiger partial charge >= 0.3 is 0 Å². The van der Waals surface area contributed by atoms with Crippen LogP contribution in [0.1, 0.15) is 76.0 Å². The summed E-state index contributed by atoms with van der Waals surface area (Å²) >= 11 is 0. The van der Waals surface area contributed by atoms with Crippen molar-refractivity contribution >= 4 is 52.3 Å². The SMILES string of the molecule is CN(C)CCCNCCCNC(=O)[C@@H]1NC(=O)[C@@H]2Cc3ccc(cc3)Oc3cc4cc(c3O)-c3ccc5c(c[nH]c5c3)C[C@@H](NC(=O)Cc3ccc(O)cc3)C(=O)N[C@H](c3ccc(O)cc3)C(=O)N[C@H]4C(=O)N[C@@H](C(=O)N2C)c2ccc(cc2)Oc2cc1ccc2O. The van der Waals surface area contributed by atoms with Crippen molar-refractivity contribution in [2.45, 2.75) is 68.4 Å². The highest BCUT2D eigenvalue weighted by Crippen LogP contribution is 2.44. The minimum atomic E-state index is -1.82. The molecule has 0 fully saturated rings. The molecule has 0 unspecified atom stereocenters. The van der Waals surface area contributed by atoms with Crippen molar-refractivity contribution in [3.63, 3.8) is 0 Å². The molecular formula is C69H70N10O13. The Morgan fingerprint density at radius 2 is 1.22 bits per heavy atom. The zero-order valence-electron chi connectivity index (χ0n) is 50.6. The van der Waals surface area contributed by atoms with Gasteiger partial charge in [-0.3, -0.25) is 33.6 Å². The summed E-state index contributed by atoms with van der Waals surface area (Å²) in [7, 11) is 5.40. The average molecular weight is 1250 g/mol. The number of fused-ring (bicyclic) bond motifs is 14. The largest absolute Gasteiger partial charge is 0.508 e. The van der Waals surface area contributed by atoms with Crippen LogP contribution < -0.4 is 46.7 Å². The lowest BCUT2D eigenvalue weighted by molar-refractivity contribution is -0.143. The van der Waals surface area contributed by atoms with Gasteiger partial charge in [-0.15, -0.1) is 0 Å². The number of phenolic OH excluding ortho intramolecular Hbond substituents is 4. The number of likely N-dealkylation sites (N-methyl/N-ethyl adjacent to an activating group) is 1. The van der Waals surface area contributed by atoms with Gasteiger partial charge in [0.15, 0.2) is 23.0 Å². The number of aromatic amines is 1. The van der Waals surface area contributed by atoms with Gasteiger partial charge in [-0.25, -0.2) is 0 Å². The maximum atomic E-state index is 15.9. The third kappa shape index (κ3) is 14.4. The molecule has 7 aromatic carbocycles. The number of aromatic nitrogens is 1.